The average Bonchev–Trinajstić information content (AvgIpc) is 2.94. The van der Waals surface area contributed by atoms with Crippen LogP contribution in [0.2, 0.25) is 0 Å². The number of anilines is 2. The summed E-state index contributed by atoms with van der Waals surface area (Å²) in [5.41, 5.74) is 2.16. The summed E-state index contributed by atoms with van der Waals surface area (Å²) >= 11 is 0. The van der Waals surface area contributed by atoms with Crippen molar-refractivity contribution < 1.29 is 29.0 Å². The molecule has 3 N–H and O–H groups in total. The number of nitrogens with zero attached hydrogens (tertiary/aromatic N) is 1. The minimum Gasteiger partial charge on any atom is -0.466 e. The van der Waals surface area contributed by atoms with E-state index in [1.807, 2.05) is 6.92 Å². The number of aliphatic hydroxyl groups excluding tert-OH is 1. The maximum absolute atomic E-state index is 12.6. The normalized spacial score (nSPS) is 13.8. The molecular formula is C18H23N3O6. The summed E-state index contributed by atoms with van der Waals surface area (Å²) in [6.45, 7) is 1.69. The van der Waals surface area contributed by atoms with E-state index in [1.165, 1.54) is 19.1 Å². The van der Waals surface area contributed by atoms with E-state index >= 15 is 0 Å². The number of nitrogens with one attached hydrogen (secondary N) is 2. The lowest BCUT2D eigenvalue weighted by Crippen LogP contribution is -2.31. The third kappa shape index (κ3) is 4.83. The lowest BCUT2D eigenvalue weighted by Gasteiger charge is -2.16. The zero-order valence-electron chi connectivity index (χ0n) is 15.5. The zero-order valence-corrected chi connectivity index (χ0v) is 15.5. The number of carbonyl (C=O) groups excluding carboxylic acids is 3. The lowest BCUT2D eigenvalue weighted by atomic mass is 10.1. The molecule has 1 heterocycles. The molecule has 0 aliphatic carbocycles. The SMILES string of the molecule is COCC(=O)Nc1ccc(C)c(NC2=C(C(=O)OC)CN(CCO)C2=O)c1. The van der Waals surface area contributed by atoms with Crippen LogP contribution in [0, 0.1) is 6.92 Å². The molecule has 0 atom stereocenters. The molecule has 9 nitrogen and oxygen atoms in total. The first-order valence-corrected chi connectivity index (χ1v) is 8.29. The van der Waals surface area contributed by atoms with Crippen LogP contribution in [0.3, 0.4) is 0 Å². The number of amides is 2. The first-order chi connectivity index (χ1) is 12.9. The molecule has 0 bridgehead atoms. The number of aliphatic hydroxyl groups is 1. The van der Waals surface area contributed by atoms with Crippen molar-refractivity contribution in [1.82, 2.24) is 4.90 Å². The van der Waals surface area contributed by atoms with Crippen molar-refractivity contribution in [3.8, 4) is 0 Å². The van der Waals surface area contributed by atoms with Gasteiger partial charge in [0.1, 0.15) is 12.3 Å². The zero-order chi connectivity index (χ0) is 20.0. The van der Waals surface area contributed by atoms with Crippen LogP contribution in [0.1, 0.15) is 5.56 Å². The smallest absolute Gasteiger partial charge is 0.337 e. The number of hydrogen-bond acceptors (Lipinski definition) is 7. The highest BCUT2D eigenvalue weighted by atomic mass is 16.5. The van der Waals surface area contributed by atoms with Crippen LogP contribution in [-0.4, -0.2) is 68.3 Å². The van der Waals surface area contributed by atoms with Crippen molar-refractivity contribution in [3.63, 3.8) is 0 Å². The van der Waals surface area contributed by atoms with Crippen LogP contribution < -0.4 is 10.6 Å². The maximum atomic E-state index is 12.6. The molecule has 0 spiro atoms. The number of esters is 1. The summed E-state index contributed by atoms with van der Waals surface area (Å²) in [4.78, 5) is 37.7. The van der Waals surface area contributed by atoms with Gasteiger partial charge in [-0.05, 0) is 24.6 Å². The van der Waals surface area contributed by atoms with E-state index in [0.29, 0.717) is 11.4 Å². The molecule has 1 aliphatic rings. The third-order valence-corrected chi connectivity index (χ3v) is 4.01. The molecule has 146 valence electrons. The number of ether oxygens (including phenoxy) is 2. The minimum absolute atomic E-state index is 0.0533. The lowest BCUT2D eigenvalue weighted by molar-refractivity contribution is -0.136. The molecule has 0 saturated heterocycles. The molecule has 0 unspecified atom stereocenters. The number of carbonyl (C=O) groups is 3. The van der Waals surface area contributed by atoms with Gasteiger partial charge >= 0.3 is 5.97 Å². The Morgan fingerprint density at radius 2 is 2.04 bits per heavy atom. The molecule has 27 heavy (non-hydrogen) atoms. The maximum Gasteiger partial charge on any atom is 0.337 e. The first-order valence-electron chi connectivity index (χ1n) is 8.29. The highest BCUT2D eigenvalue weighted by molar-refractivity contribution is 6.08. The number of β-amino-alcohol motifs (C(OH)–C–C–N with tert-alkyl or cyclic N) is 1. The predicted octanol–water partition coefficient (Wildman–Crippen LogP) is 0.253. The third-order valence-electron chi connectivity index (χ3n) is 4.01. The summed E-state index contributed by atoms with van der Waals surface area (Å²) in [6, 6.07) is 5.15. The summed E-state index contributed by atoms with van der Waals surface area (Å²) in [5.74, 6) is -1.33. The Hall–Kier alpha value is -2.91. The Bertz CT molecular complexity index is 774. The van der Waals surface area contributed by atoms with Gasteiger partial charge in [0.2, 0.25) is 5.91 Å². The number of aryl methyl sites for hydroxylation is 1. The van der Waals surface area contributed by atoms with E-state index in [4.69, 9.17) is 14.6 Å². The predicted molar refractivity (Wildman–Crippen MR) is 98.0 cm³/mol. The standard InChI is InChI=1S/C18H23N3O6/c1-11-4-5-12(19-15(23)10-26-2)8-14(11)20-16-13(18(25)27-3)9-21(6-7-22)17(16)24/h4-5,8,20,22H,6-7,9-10H2,1-3H3,(H,19,23). The fourth-order valence-corrected chi connectivity index (χ4v) is 2.65. The molecule has 0 saturated carbocycles. The monoisotopic (exact) mass is 377 g/mol. The van der Waals surface area contributed by atoms with E-state index in [2.05, 4.69) is 10.6 Å². The van der Waals surface area contributed by atoms with Gasteiger partial charge in [0.25, 0.3) is 5.91 Å². The van der Waals surface area contributed by atoms with E-state index in [9.17, 15) is 14.4 Å². The van der Waals surface area contributed by atoms with Crippen molar-refractivity contribution in [2.24, 2.45) is 0 Å². The van der Waals surface area contributed by atoms with Crippen LogP contribution in [0.25, 0.3) is 0 Å². The van der Waals surface area contributed by atoms with Crippen LogP contribution in [0.4, 0.5) is 11.4 Å². The Kier molecular flexibility index (Phi) is 6.91. The van der Waals surface area contributed by atoms with Gasteiger partial charge in [0.05, 0.1) is 25.8 Å². The molecule has 0 radical (unpaired) electrons. The molecule has 0 aromatic heterocycles. The second kappa shape index (κ2) is 9.15. The molecule has 0 fully saturated rings. The van der Waals surface area contributed by atoms with E-state index in [1.54, 1.807) is 18.2 Å². The van der Waals surface area contributed by atoms with Gasteiger partial charge in [0.15, 0.2) is 0 Å². The highest BCUT2D eigenvalue weighted by Crippen LogP contribution is 2.26. The Morgan fingerprint density at radius 1 is 1.30 bits per heavy atom. The number of benzene rings is 1. The van der Waals surface area contributed by atoms with Gasteiger partial charge in [-0.3, -0.25) is 9.59 Å². The molecule has 9 heteroatoms. The fourth-order valence-electron chi connectivity index (χ4n) is 2.65. The minimum atomic E-state index is -0.617. The van der Waals surface area contributed by atoms with Gasteiger partial charge in [-0.1, -0.05) is 6.07 Å². The summed E-state index contributed by atoms with van der Waals surface area (Å²) in [5, 5.41) is 14.8. The summed E-state index contributed by atoms with van der Waals surface area (Å²) in [7, 11) is 2.66. The first kappa shape index (κ1) is 20.4. The summed E-state index contributed by atoms with van der Waals surface area (Å²) < 4.78 is 9.54. The van der Waals surface area contributed by atoms with Crippen molar-refractivity contribution in [2.45, 2.75) is 6.92 Å². The Balaban J connectivity index is 2.30. The molecule has 2 amide bonds. The van der Waals surface area contributed by atoms with Gasteiger partial charge in [-0.15, -0.1) is 0 Å². The van der Waals surface area contributed by atoms with E-state index in [0.717, 1.165) is 5.56 Å². The second-order valence-corrected chi connectivity index (χ2v) is 5.93. The highest BCUT2D eigenvalue weighted by Gasteiger charge is 2.34. The van der Waals surface area contributed by atoms with Crippen molar-refractivity contribution in [1.29, 1.82) is 0 Å². The fraction of sp³-hybridized carbons (Fsp3) is 0.389. The van der Waals surface area contributed by atoms with Crippen LogP contribution in [0.15, 0.2) is 29.5 Å². The van der Waals surface area contributed by atoms with Crippen molar-refractivity contribution in [3.05, 3.63) is 35.0 Å². The van der Waals surface area contributed by atoms with Gasteiger partial charge in [-0.25, -0.2) is 4.79 Å². The summed E-state index contributed by atoms with van der Waals surface area (Å²) in [6.07, 6.45) is 0. The second-order valence-electron chi connectivity index (χ2n) is 5.93. The Morgan fingerprint density at radius 3 is 2.67 bits per heavy atom. The molecule has 1 aromatic rings. The number of rotatable bonds is 8. The van der Waals surface area contributed by atoms with Crippen molar-refractivity contribution >= 4 is 29.2 Å². The number of hydrogen-bond donors (Lipinski definition) is 3. The Labute approximate surface area is 156 Å². The average molecular weight is 377 g/mol. The van der Waals surface area contributed by atoms with Crippen LogP contribution in [-0.2, 0) is 23.9 Å². The topological polar surface area (TPSA) is 117 Å². The molecular weight excluding hydrogens is 354 g/mol. The molecule has 2 rings (SSSR count). The van der Waals surface area contributed by atoms with Gasteiger partial charge in [0, 0.05) is 25.0 Å². The number of methoxy groups -OCH3 is 2. The van der Waals surface area contributed by atoms with Crippen molar-refractivity contribution in [2.75, 3.05) is 51.2 Å². The van der Waals surface area contributed by atoms with E-state index < -0.39 is 11.9 Å². The van der Waals surface area contributed by atoms with Crippen LogP contribution in [0.5, 0.6) is 0 Å². The van der Waals surface area contributed by atoms with Gasteiger partial charge < -0.3 is 30.1 Å². The molecule has 1 aromatic carbocycles. The van der Waals surface area contributed by atoms with E-state index in [-0.39, 0.29) is 43.5 Å². The largest absolute Gasteiger partial charge is 0.466 e. The molecule has 1 aliphatic heterocycles. The quantitative estimate of drug-likeness (QED) is 0.556. The van der Waals surface area contributed by atoms with Crippen LogP contribution >= 0.6 is 0 Å². The van der Waals surface area contributed by atoms with Gasteiger partial charge in [-0.2, -0.15) is 0 Å².